The standard InChI is InChI=1S/C15H20N2O3/c1-9-6-7-11(18)10(8-9)14-16-13(17-20-14)12(19-5)15(2,3)4/h6-8,12,18H,1-5H3. The first-order chi connectivity index (χ1) is 9.32. The highest BCUT2D eigenvalue weighted by Gasteiger charge is 2.31. The van der Waals surface area contributed by atoms with Crippen LogP contribution in [0.5, 0.6) is 5.75 Å². The molecule has 0 spiro atoms. The first kappa shape index (κ1) is 14.5. The minimum atomic E-state index is -0.271. The number of hydrogen-bond acceptors (Lipinski definition) is 5. The fraction of sp³-hybridized carbons (Fsp3) is 0.467. The van der Waals surface area contributed by atoms with E-state index >= 15 is 0 Å². The summed E-state index contributed by atoms with van der Waals surface area (Å²) in [6.45, 7) is 8.07. The van der Waals surface area contributed by atoms with Gasteiger partial charge in [0.1, 0.15) is 11.9 Å². The van der Waals surface area contributed by atoms with Crippen molar-refractivity contribution < 1.29 is 14.4 Å². The number of rotatable bonds is 3. The maximum Gasteiger partial charge on any atom is 0.261 e. The van der Waals surface area contributed by atoms with Crippen LogP contribution in [0.4, 0.5) is 0 Å². The fourth-order valence-electron chi connectivity index (χ4n) is 2.12. The molecule has 20 heavy (non-hydrogen) atoms. The van der Waals surface area contributed by atoms with Crippen LogP contribution in [0, 0.1) is 12.3 Å². The van der Waals surface area contributed by atoms with E-state index in [0.717, 1.165) is 5.56 Å². The van der Waals surface area contributed by atoms with Gasteiger partial charge >= 0.3 is 0 Å². The lowest BCUT2D eigenvalue weighted by molar-refractivity contribution is 0.00718. The third-order valence-electron chi connectivity index (χ3n) is 3.08. The minimum absolute atomic E-state index is 0.121. The van der Waals surface area contributed by atoms with Crippen LogP contribution in [0.15, 0.2) is 22.7 Å². The second-order valence-corrected chi connectivity index (χ2v) is 5.96. The summed E-state index contributed by atoms with van der Waals surface area (Å²) in [7, 11) is 1.62. The maximum absolute atomic E-state index is 9.89. The Balaban J connectivity index is 2.40. The minimum Gasteiger partial charge on any atom is -0.507 e. The van der Waals surface area contributed by atoms with E-state index in [2.05, 4.69) is 10.1 Å². The summed E-state index contributed by atoms with van der Waals surface area (Å²) in [5.74, 6) is 0.902. The van der Waals surface area contributed by atoms with Crippen LogP contribution in [0.25, 0.3) is 11.5 Å². The predicted molar refractivity (Wildman–Crippen MR) is 75.3 cm³/mol. The number of aryl methyl sites for hydroxylation is 1. The molecule has 1 heterocycles. The first-order valence-corrected chi connectivity index (χ1v) is 6.49. The van der Waals surface area contributed by atoms with Crippen LogP contribution in [0.3, 0.4) is 0 Å². The Morgan fingerprint density at radius 1 is 1.30 bits per heavy atom. The average Bonchev–Trinajstić information content (AvgIpc) is 2.80. The summed E-state index contributed by atoms with van der Waals surface area (Å²) < 4.78 is 10.7. The van der Waals surface area contributed by atoms with Crippen molar-refractivity contribution in [3.63, 3.8) is 0 Å². The van der Waals surface area contributed by atoms with Crippen molar-refractivity contribution in [1.82, 2.24) is 10.1 Å². The molecular formula is C15H20N2O3. The molecule has 0 amide bonds. The Morgan fingerprint density at radius 3 is 2.60 bits per heavy atom. The Labute approximate surface area is 118 Å². The number of ether oxygens (including phenoxy) is 1. The van der Waals surface area contributed by atoms with Gasteiger partial charge in [-0.05, 0) is 24.5 Å². The molecule has 0 bridgehead atoms. The molecule has 0 radical (unpaired) electrons. The van der Waals surface area contributed by atoms with Gasteiger partial charge in [0, 0.05) is 7.11 Å². The SMILES string of the molecule is COC(c1noc(-c2cc(C)ccc2O)n1)C(C)(C)C. The lowest BCUT2D eigenvalue weighted by atomic mass is 9.88. The molecule has 0 aliphatic carbocycles. The zero-order valence-corrected chi connectivity index (χ0v) is 12.5. The van der Waals surface area contributed by atoms with Gasteiger partial charge in [-0.15, -0.1) is 0 Å². The molecule has 0 saturated carbocycles. The molecule has 1 N–H and O–H groups in total. The van der Waals surface area contributed by atoms with Crippen molar-refractivity contribution in [3.8, 4) is 17.2 Å². The van der Waals surface area contributed by atoms with Gasteiger partial charge in [0.05, 0.1) is 5.56 Å². The second kappa shape index (κ2) is 5.25. The number of methoxy groups -OCH3 is 1. The van der Waals surface area contributed by atoms with E-state index in [0.29, 0.717) is 17.3 Å². The number of aromatic hydroxyl groups is 1. The number of nitrogens with zero attached hydrogens (tertiary/aromatic N) is 2. The highest BCUT2D eigenvalue weighted by atomic mass is 16.5. The van der Waals surface area contributed by atoms with Crippen molar-refractivity contribution in [1.29, 1.82) is 0 Å². The van der Waals surface area contributed by atoms with Crippen LogP contribution in [-0.2, 0) is 4.74 Å². The summed E-state index contributed by atoms with van der Waals surface area (Å²) in [6, 6.07) is 5.25. The highest BCUT2D eigenvalue weighted by molar-refractivity contribution is 5.63. The number of aromatic nitrogens is 2. The molecule has 2 aromatic rings. The molecule has 108 valence electrons. The number of benzene rings is 1. The van der Waals surface area contributed by atoms with Crippen LogP contribution in [0.1, 0.15) is 38.3 Å². The Bertz CT molecular complexity index is 599. The quantitative estimate of drug-likeness (QED) is 0.929. The van der Waals surface area contributed by atoms with Gasteiger partial charge in [-0.1, -0.05) is 37.6 Å². The molecule has 0 aliphatic rings. The topological polar surface area (TPSA) is 68.4 Å². The smallest absolute Gasteiger partial charge is 0.261 e. The van der Waals surface area contributed by atoms with Crippen LogP contribution in [-0.4, -0.2) is 22.4 Å². The molecule has 0 fully saturated rings. The number of phenolic OH excluding ortho intramolecular Hbond substituents is 1. The lowest BCUT2D eigenvalue weighted by Gasteiger charge is -2.26. The van der Waals surface area contributed by atoms with Gasteiger partial charge in [0.2, 0.25) is 5.82 Å². The summed E-state index contributed by atoms with van der Waals surface area (Å²) in [5.41, 5.74) is 1.40. The van der Waals surface area contributed by atoms with Gasteiger partial charge in [-0.25, -0.2) is 0 Å². The molecule has 1 unspecified atom stereocenters. The van der Waals surface area contributed by atoms with E-state index in [1.54, 1.807) is 13.2 Å². The Kier molecular flexibility index (Phi) is 3.81. The third kappa shape index (κ3) is 2.82. The third-order valence-corrected chi connectivity index (χ3v) is 3.08. The Morgan fingerprint density at radius 2 is 2.00 bits per heavy atom. The van der Waals surface area contributed by atoms with Crippen molar-refractivity contribution >= 4 is 0 Å². The van der Waals surface area contributed by atoms with E-state index in [1.807, 2.05) is 39.8 Å². The van der Waals surface area contributed by atoms with Crippen LogP contribution in [0.2, 0.25) is 0 Å². The summed E-state index contributed by atoms with van der Waals surface area (Å²) >= 11 is 0. The molecule has 0 aliphatic heterocycles. The normalized spacial score (nSPS) is 13.4. The molecule has 0 saturated heterocycles. The monoisotopic (exact) mass is 276 g/mol. The van der Waals surface area contributed by atoms with E-state index in [9.17, 15) is 5.11 Å². The highest BCUT2D eigenvalue weighted by Crippen LogP contribution is 2.36. The molecule has 1 atom stereocenters. The van der Waals surface area contributed by atoms with Crippen LogP contribution < -0.4 is 0 Å². The zero-order chi connectivity index (χ0) is 14.9. The van der Waals surface area contributed by atoms with Crippen molar-refractivity contribution in [2.45, 2.75) is 33.8 Å². The van der Waals surface area contributed by atoms with E-state index in [1.165, 1.54) is 0 Å². The molecule has 1 aromatic heterocycles. The predicted octanol–water partition coefficient (Wildman–Crippen LogP) is 3.48. The largest absolute Gasteiger partial charge is 0.507 e. The summed E-state index contributed by atoms with van der Waals surface area (Å²) in [5, 5.41) is 13.9. The Hall–Kier alpha value is -1.88. The van der Waals surface area contributed by atoms with E-state index in [4.69, 9.17) is 9.26 Å². The van der Waals surface area contributed by atoms with Crippen molar-refractivity contribution in [2.75, 3.05) is 7.11 Å². The molecule has 5 nitrogen and oxygen atoms in total. The van der Waals surface area contributed by atoms with E-state index < -0.39 is 0 Å². The average molecular weight is 276 g/mol. The van der Waals surface area contributed by atoms with Gasteiger partial charge in [-0.2, -0.15) is 4.98 Å². The summed E-state index contributed by atoms with van der Waals surface area (Å²) in [6.07, 6.45) is -0.271. The molecular weight excluding hydrogens is 256 g/mol. The molecule has 2 rings (SSSR count). The maximum atomic E-state index is 9.89. The number of phenols is 1. The summed E-state index contributed by atoms with van der Waals surface area (Å²) in [4.78, 5) is 4.36. The van der Waals surface area contributed by atoms with Crippen molar-refractivity contribution in [2.24, 2.45) is 5.41 Å². The molecule has 1 aromatic carbocycles. The van der Waals surface area contributed by atoms with Crippen LogP contribution >= 0.6 is 0 Å². The zero-order valence-electron chi connectivity index (χ0n) is 12.5. The van der Waals surface area contributed by atoms with E-state index in [-0.39, 0.29) is 17.3 Å². The van der Waals surface area contributed by atoms with Gasteiger partial charge < -0.3 is 14.4 Å². The first-order valence-electron chi connectivity index (χ1n) is 6.49. The second-order valence-electron chi connectivity index (χ2n) is 5.96. The fourth-order valence-corrected chi connectivity index (χ4v) is 2.12. The van der Waals surface area contributed by atoms with Gasteiger partial charge in [-0.3, -0.25) is 0 Å². The van der Waals surface area contributed by atoms with Gasteiger partial charge in [0.15, 0.2) is 0 Å². The van der Waals surface area contributed by atoms with Crippen molar-refractivity contribution in [3.05, 3.63) is 29.6 Å². The lowest BCUT2D eigenvalue weighted by Crippen LogP contribution is -2.21. The molecule has 5 heteroatoms. The van der Waals surface area contributed by atoms with Gasteiger partial charge in [0.25, 0.3) is 5.89 Å². The number of hydrogen-bond donors (Lipinski definition) is 1.